The van der Waals surface area contributed by atoms with Gasteiger partial charge in [0.25, 0.3) is 0 Å². The Morgan fingerprint density at radius 3 is 2.39 bits per heavy atom. The van der Waals surface area contributed by atoms with E-state index in [0.717, 1.165) is 18.4 Å². The Morgan fingerprint density at radius 1 is 1.17 bits per heavy atom. The lowest BCUT2D eigenvalue weighted by Gasteiger charge is -2.25. The first-order valence-corrected chi connectivity index (χ1v) is 6.81. The fourth-order valence-corrected chi connectivity index (χ4v) is 2.82. The number of allylic oxidation sites excluding steroid dienone is 4. The molecule has 2 rings (SSSR count). The second-order valence-electron chi connectivity index (χ2n) is 5.19. The van der Waals surface area contributed by atoms with Crippen LogP contribution in [0.15, 0.2) is 41.5 Å². The van der Waals surface area contributed by atoms with E-state index in [4.69, 9.17) is 0 Å². The van der Waals surface area contributed by atoms with Gasteiger partial charge in [-0.1, -0.05) is 44.6 Å². The zero-order valence-electron chi connectivity index (χ0n) is 11.5. The van der Waals surface area contributed by atoms with Crippen LogP contribution in [0, 0.1) is 11.7 Å². The molecule has 1 aliphatic rings. The summed E-state index contributed by atoms with van der Waals surface area (Å²) in [6.07, 6.45) is 5.70. The van der Waals surface area contributed by atoms with Crippen LogP contribution in [-0.4, -0.2) is 0 Å². The summed E-state index contributed by atoms with van der Waals surface area (Å²) in [5, 5.41) is 0. The maximum atomic E-state index is 13.0. The summed E-state index contributed by atoms with van der Waals surface area (Å²) in [5.74, 6) is 0.359. The van der Waals surface area contributed by atoms with E-state index in [1.54, 1.807) is 17.7 Å². The number of benzene rings is 1. The van der Waals surface area contributed by atoms with Crippen molar-refractivity contribution >= 4 is 5.57 Å². The molecule has 96 valence electrons. The van der Waals surface area contributed by atoms with Gasteiger partial charge in [-0.15, -0.1) is 0 Å². The van der Waals surface area contributed by atoms with Crippen LogP contribution in [0.4, 0.5) is 4.39 Å². The molecule has 0 heterocycles. The summed E-state index contributed by atoms with van der Waals surface area (Å²) in [6.45, 7) is 6.71. The Hall–Kier alpha value is -1.37. The van der Waals surface area contributed by atoms with Gasteiger partial charge in [0.1, 0.15) is 5.82 Å². The van der Waals surface area contributed by atoms with Crippen molar-refractivity contribution in [3.05, 3.63) is 52.9 Å². The lowest BCUT2D eigenvalue weighted by molar-refractivity contribution is 0.627. The summed E-state index contributed by atoms with van der Waals surface area (Å²) in [4.78, 5) is 0. The molecule has 0 bridgehead atoms. The fourth-order valence-electron chi connectivity index (χ4n) is 2.82. The van der Waals surface area contributed by atoms with Crippen LogP contribution in [0.1, 0.15) is 45.6 Å². The first-order chi connectivity index (χ1) is 8.63. The van der Waals surface area contributed by atoms with Crippen molar-refractivity contribution in [2.45, 2.75) is 40.0 Å². The van der Waals surface area contributed by atoms with Gasteiger partial charge >= 0.3 is 0 Å². The SMILES string of the molecule is CCC1=C(C(C)C)C(c2ccc(F)cc2)=CCC1. The average Bonchev–Trinajstić information content (AvgIpc) is 2.38. The fraction of sp³-hybridized carbons (Fsp3) is 0.412. The number of hydrogen-bond donors (Lipinski definition) is 0. The van der Waals surface area contributed by atoms with Gasteiger partial charge in [-0.05, 0) is 54.0 Å². The lowest BCUT2D eigenvalue weighted by Crippen LogP contribution is -2.06. The van der Waals surface area contributed by atoms with E-state index in [0.29, 0.717) is 5.92 Å². The van der Waals surface area contributed by atoms with Crippen molar-refractivity contribution in [2.24, 2.45) is 5.92 Å². The Labute approximate surface area is 109 Å². The van der Waals surface area contributed by atoms with E-state index in [2.05, 4.69) is 26.8 Å². The van der Waals surface area contributed by atoms with E-state index in [9.17, 15) is 4.39 Å². The van der Waals surface area contributed by atoms with E-state index in [1.165, 1.54) is 17.6 Å². The molecule has 1 heteroatoms. The third-order valence-electron chi connectivity index (χ3n) is 3.63. The van der Waals surface area contributed by atoms with Gasteiger partial charge in [0, 0.05) is 0 Å². The largest absolute Gasteiger partial charge is 0.207 e. The molecular weight excluding hydrogens is 223 g/mol. The minimum absolute atomic E-state index is 0.166. The molecule has 0 radical (unpaired) electrons. The Balaban J connectivity index is 2.45. The van der Waals surface area contributed by atoms with Gasteiger partial charge in [-0.3, -0.25) is 0 Å². The van der Waals surface area contributed by atoms with Crippen molar-refractivity contribution in [1.29, 1.82) is 0 Å². The minimum atomic E-state index is -0.166. The molecule has 0 saturated heterocycles. The Morgan fingerprint density at radius 2 is 1.83 bits per heavy atom. The van der Waals surface area contributed by atoms with Crippen molar-refractivity contribution in [2.75, 3.05) is 0 Å². The van der Waals surface area contributed by atoms with Gasteiger partial charge in [0.2, 0.25) is 0 Å². The van der Waals surface area contributed by atoms with Gasteiger partial charge in [-0.25, -0.2) is 4.39 Å². The molecule has 18 heavy (non-hydrogen) atoms. The smallest absolute Gasteiger partial charge is 0.123 e. The Kier molecular flexibility index (Phi) is 4.00. The standard InChI is InChI=1S/C17H21F/c1-4-13-6-5-7-16(17(13)12(2)3)14-8-10-15(18)11-9-14/h7-12H,4-6H2,1-3H3. The molecule has 0 amide bonds. The van der Waals surface area contributed by atoms with E-state index in [1.807, 2.05) is 12.1 Å². The molecule has 0 fully saturated rings. The second kappa shape index (κ2) is 5.51. The number of halogens is 1. The van der Waals surface area contributed by atoms with Crippen LogP contribution in [0.5, 0.6) is 0 Å². The summed E-state index contributed by atoms with van der Waals surface area (Å²) in [5.41, 5.74) is 5.49. The van der Waals surface area contributed by atoms with Gasteiger partial charge in [-0.2, -0.15) is 0 Å². The highest BCUT2D eigenvalue weighted by Gasteiger charge is 2.18. The summed E-state index contributed by atoms with van der Waals surface area (Å²) >= 11 is 0. The molecule has 0 aliphatic heterocycles. The summed E-state index contributed by atoms with van der Waals surface area (Å²) < 4.78 is 13.0. The predicted molar refractivity (Wildman–Crippen MR) is 75.8 cm³/mol. The maximum Gasteiger partial charge on any atom is 0.123 e. The lowest BCUT2D eigenvalue weighted by atomic mass is 9.80. The quantitative estimate of drug-likeness (QED) is 0.671. The molecular formula is C17H21F. The van der Waals surface area contributed by atoms with Crippen LogP contribution >= 0.6 is 0 Å². The maximum absolute atomic E-state index is 13.0. The molecule has 0 saturated carbocycles. The molecule has 0 N–H and O–H groups in total. The normalized spacial score (nSPS) is 16.2. The second-order valence-corrected chi connectivity index (χ2v) is 5.19. The van der Waals surface area contributed by atoms with E-state index >= 15 is 0 Å². The molecule has 0 unspecified atom stereocenters. The van der Waals surface area contributed by atoms with Crippen LogP contribution < -0.4 is 0 Å². The molecule has 1 aromatic carbocycles. The highest BCUT2D eigenvalue weighted by molar-refractivity contribution is 5.81. The Bertz CT molecular complexity index is 475. The molecule has 0 aromatic heterocycles. The first-order valence-electron chi connectivity index (χ1n) is 6.81. The van der Waals surface area contributed by atoms with E-state index < -0.39 is 0 Å². The number of hydrogen-bond acceptors (Lipinski definition) is 0. The molecule has 1 aromatic rings. The van der Waals surface area contributed by atoms with Gasteiger partial charge in [0.05, 0.1) is 0 Å². The first kappa shape index (κ1) is 13.1. The molecule has 1 aliphatic carbocycles. The molecule has 0 atom stereocenters. The third-order valence-corrected chi connectivity index (χ3v) is 3.63. The van der Waals surface area contributed by atoms with Crippen molar-refractivity contribution < 1.29 is 4.39 Å². The molecule has 0 spiro atoms. The monoisotopic (exact) mass is 244 g/mol. The zero-order valence-corrected chi connectivity index (χ0v) is 11.5. The average molecular weight is 244 g/mol. The molecule has 0 nitrogen and oxygen atoms in total. The summed E-state index contributed by atoms with van der Waals surface area (Å²) in [6, 6.07) is 6.88. The highest BCUT2D eigenvalue weighted by atomic mass is 19.1. The van der Waals surface area contributed by atoms with Gasteiger partial charge in [0.15, 0.2) is 0 Å². The third kappa shape index (κ3) is 2.55. The van der Waals surface area contributed by atoms with Crippen LogP contribution in [-0.2, 0) is 0 Å². The van der Waals surface area contributed by atoms with Crippen LogP contribution in [0.25, 0.3) is 5.57 Å². The predicted octanol–water partition coefficient (Wildman–Crippen LogP) is 5.37. The van der Waals surface area contributed by atoms with Crippen molar-refractivity contribution in [3.8, 4) is 0 Å². The number of rotatable bonds is 3. The summed E-state index contributed by atoms with van der Waals surface area (Å²) in [7, 11) is 0. The topological polar surface area (TPSA) is 0 Å². The van der Waals surface area contributed by atoms with Crippen molar-refractivity contribution in [3.63, 3.8) is 0 Å². The van der Waals surface area contributed by atoms with Crippen molar-refractivity contribution in [1.82, 2.24) is 0 Å². The van der Waals surface area contributed by atoms with Crippen LogP contribution in [0.2, 0.25) is 0 Å². The van der Waals surface area contributed by atoms with E-state index in [-0.39, 0.29) is 5.82 Å². The highest BCUT2D eigenvalue weighted by Crippen LogP contribution is 2.37. The minimum Gasteiger partial charge on any atom is -0.207 e. The van der Waals surface area contributed by atoms with Crippen LogP contribution in [0.3, 0.4) is 0 Å². The van der Waals surface area contributed by atoms with Gasteiger partial charge < -0.3 is 0 Å². The zero-order chi connectivity index (χ0) is 13.1.